The zero-order valence-corrected chi connectivity index (χ0v) is 23.9. The minimum atomic E-state index is -0.378. The summed E-state index contributed by atoms with van der Waals surface area (Å²) < 4.78 is 5.79. The third-order valence-corrected chi connectivity index (χ3v) is 8.29. The topological polar surface area (TPSA) is 78.0 Å². The molecule has 9 heteroatoms. The molecule has 0 saturated carbocycles. The minimum Gasteiger partial charge on any atom is -0.376 e. The second-order valence-electron chi connectivity index (χ2n) is 10.6. The maximum absolute atomic E-state index is 13.4. The predicted molar refractivity (Wildman–Crippen MR) is 154 cm³/mol. The fourth-order valence-electron chi connectivity index (χ4n) is 5.23. The lowest BCUT2D eigenvalue weighted by Crippen LogP contribution is -2.46. The number of hydrogen-bond donors (Lipinski definition) is 1. The molecule has 3 heterocycles. The molecule has 3 unspecified atom stereocenters. The number of carbonyl (C=O) groups excluding carboxylic acids is 2. The smallest absolute Gasteiger partial charge is 0.251 e. The molecule has 2 aliphatic heterocycles. The van der Waals surface area contributed by atoms with Gasteiger partial charge in [0.05, 0.1) is 17.8 Å². The first kappa shape index (κ1) is 28.3. The third-order valence-electron chi connectivity index (χ3n) is 7.39. The summed E-state index contributed by atoms with van der Waals surface area (Å²) in [6.45, 7) is 15.8. The number of ether oxygens (including phenoxy) is 1. The number of hydrogen-bond acceptors (Lipinski definition) is 8. The minimum absolute atomic E-state index is 0.143. The number of nitrogens with zero attached hydrogens (tertiary/aromatic N) is 4. The first-order chi connectivity index (χ1) is 18.3. The van der Waals surface area contributed by atoms with E-state index in [-0.39, 0.29) is 24.1 Å². The fraction of sp³-hybridized carbons (Fsp3) is 0.552. The molecule has 1 aromatic heterocycles. The Balaban J connectivity index is 1.47. The maximum atomic E-state index is 13.4. The molecule has 1 N–H and O–H groups in total. The number of aromatic nitrogens is 1. The number of rotatable bonds is 11. The van der Waals surface area contributed by atoms with Gasteiger partial charge >= 0.3 is 0 Å². The zero-order valence-electron chi connectivity index (χ0n) is 23.1. The van der Waals surface area contributed by atoms with Gasteiger partial charge in [-0.05, 0) is 44.9 Å². The van der Waals surface area contributed by atoms with Gasteiger partial charge in [0, 0.05) is 61.5 Å². The van der Waals surface area contributed by atoms with Crippen LogP contribution in [0.3, 0.4) is 0 Å². The summed E-state index contributed by atoms with van der Waals surface area (Å²) in [5.41, 5.74) is 3.15. The lowest BCUT2D eigenvalue weighted by Gasteiger charge is -2.33. The van der Waals surface area contributed by atoms with Crippen molar-refractivity contribution in [1.29, 1.82) is 0 Å². The van der Waals surface area contributed by atoms with Crippen LogP contribution in [0, 0.1) is 5.92 Å². The Bertz CT molecular complexity index is 1110. The molecule has 8 nitrogen and oxygen atoms in total. The molecule has 206 valence electrons. The van der Waals surface area contributed by atoms with Crippen LogP contribution in [-0.2, 0) is 9.53 Å². The second kappa shape index (κ2) is 12.9. The number of likely N-dealkylation sites (tertiary alicyclic amines) is 1. The number of benzene rings is 1. The van der Waals surface area contributed by atoms with Crippen LogP contribution in [0.1, 0.15) is 44.0 Å². The van der Waals surface area contributed by atoms with Crippen molar-refractivity contribution in [3.8, 4) is 11.3 Å². The van der Waals surface area contributed by atoms with Crippen LogP contribution in [0.25, 0.3) is 11.3 Å². The van der Waals surface area contributed by atoms with E-state index >= 15 is 0 Å². The van der Waals surface area contributed by atoms with E-state index in [9.17, 15) is 9.59 Å². The van der Waals surface area contributed by atoms with Crippen molar-refractivity contribution in [1.82, 2.24) is 20.1 Å². The van der Waals surface area contributed by atoms with Gasteiger partial charge in [0.2, 0.25) is 0 Å². The molecule has 0 aliphatic carbocycles. The van der Waals surface area contributed by atoms with Crippen LogP contribution in [0.2, 0.25) is 0 Å². The molecule has 0 spiro atoms. The van der Waals surface area contributed by atoms with Crippen LogP contribution in [0.4, 0.5) is 5.13 Å². The van der Waals surface area contributed by atoms with Gasteiger partial charge in [0.25, 0.3) is 5.91 Å². The second-order valence-corrected chi connectivity index (χ2v) is 11.5. The van der Waals surface area contributed by atoms with Crippen molar-refractivity contribution >= 4 is 28.7 Å². The Morgan fingerprint density at radius 1 is 1.26 bits per heavy atom. The number of carbonyl (C=O) groups is 2. The molecule has 2 aliphatic rings. The highest BCUT2D eigenvalue weighted by atomic mass is 32.1. The summed E-state index contributed by atoms with van der Waals surface area (Å²) in [4.78, 5) is 36.9. The Labute approximate surface area is 230 Å². The van der Waals surface area contributed by atoms with Crippen LogP contribution < -0.4 is 10.2 Å². The van der Waals surface area contributed by atoms with Gasteiger partial charge in [-0.1, -0.05) is 32.6 Å². The number of aldehydes is 1. The highest BCUT2D eigenvalue weighted by Crippen LogP contribution is 2.30. The van der Waals surface area contributed by atoms with Gasteiger partial charge in [0.15, 0.2) is 5.13 Å². The molecule has 2 fully saturated rings. The summed E-state index contributed by atoms with van der Waals surface area (Å²) in [5, 5.41) is 6.30. The SMILES string of the molecule is C=C(C(CC(C)C)NC(=O)c1cccc(-c2csc(N3CCN(C)CC3)n2)c1)N1CCC(OCC)C1C=O. The molecule has 3 atom stereocenters. The lowest BCUT2D eigenvalue weighted by atomic mass is 9.99. The summed E-state index contributed by atoms with van der Waals surface area (Å²) in [6.07, 6.45) is 2.30. The zero-order chi connectivity index (χ0) is 27.2. The Morgan fingerprint density at radius 3 is 2.71 bits per heavy atom. The van der Waals surface area contributed by atoms with E-state index in [2.05, 4.69) is 48.0 Å². The number of anilines is 1. The molecule has 0 radical (unpaired) electrons. The lowest BCUT2D eigenvalue weighted by molar-refractivity contribution is -0.114. The summed E-state index contributed by atoms with van der Waals surface area (Å²) >= 11 is 1.65. The molecule has 1 aromatic carbocycles. The molecule has 0 bridgehead atoms. The standard InChI is InChI=1S/C29H41N5O3S/c1-6-37-27-10-11-34(26(27)18-35)21(4)24(16-20(2)3)30-28(36)23-9-7-8-22(17-23)25-19-38-29(31-25)33-14-12-32(5)13-15-33/h7-9,17-20,24,26-27H,4,6,10-16H2,1-3,5H3,(H,30,36). The van der Waals surface area contributed by atoms with E-state index in [4.69, 9.17) is 9.72 Å². The Hall–Kier alpha value is -2.75. The maximum Gasteiger partial charge on any atom is 0.251 e. The van der Waals surface area contributed by atoms with Crippen LogP contribution in [0.5, 0.6) is 0 Å². The number of thiazole rings is 1. The molecule has 2 saturated heterocycles. The molecular weight excluding hydrogens is 498 g/mol. The van der Waals surface area contributed by atoms with Crippen LogP contribution >= 0.6 is 11.3 Å². The van der Waals surface area contributed by atoms with Gasteiger partial charge in [-0.3, -0.25) is 4.79 Å². The van der Waals surface area contributed by atoms with Gasteiger partial charge in [-0.25, -0.2) is 4.98 Å². The van der Waals surface area contributed by atoms with E-state index in [1.165, 1.54) is 0 Å². The van der Waals surface area contributed by atoms with E-state index in [0.29, 0.717) is 24.6 Å². The monoisotopic (exact) mass is 539 g/mol. The summed E-state index contributed by atoms with van der Waals surface area (Å²) in [7, 11) is 2.14. The van der Waals surface area contributed by atoms with Crippen LogP contribution in [0.15, 0.2) is 41.9 Å². The first-order valence-electron chi connectivity index (χ1n) is 13.6. The van der Waals surface area contributed by atoms with Crippen molar-refractivity contribution in [2.75, 3.05) is 51.3 Å². The van der Waals surface area contributed by atoms with E-state index in [0.717, 1.165) is 67.4 Å². The van der Waals surface area contributed by atoms with Crippen molar-refractivity contribution in [3.63, 3.8) is 0 Å². The van der Waals surface area contributed by atoms with Crippen molar-refractivity contribution in [3.05, 3.63) is 47.5 Å². The average molecular weight is 540 g/mol. The molecule has 2 aromatic rings. The normalized spacial score (nSPS) is 21.1. The van der Waals surface area contributed by atoms with Crippen molar-refractivity contribution < 1.29 is 14.3 Å². The predicted octanol–water partition coefficient (Wildman–Crippen LogP) is 3.90. The number of piperazine rings is 1. The van der Waals surface area contributed by atoms with Crippen LogP contribution in [-0.4, -0.2) is 91.5 Å². The number of amides is 1. The van der Waals surface area contributed by atoms with Gasteiger partial charge in [0.1, 0.15) is 12.3 Å². The molecule has 38 heavy (non-hydrogen) atoms. The first-order valence-corrected chi connectivity index (χ1v) is 14.5. The molecular formula is C29H41N5O3S. The quantitative estimate of drug-likeness (QED) is 0.434. The highest BCUT2D eigenvalue weighted by Gasteiger charge is 2.37. The van der Waals surface area contributed by atoms with E-state index in [1.54, 1.807) is 11.3 Å². The summed E-state index contributed by atoms with van der Waals surface area (Å²) in [6, 6.07) is 6.98. The fourth-order valence-corrected chi connectivity index (χ4v) is 6.12. The van der Waals surface area contributed by atoms with Crippen molar-refractivity contribution in [2.24, 2.45) is 5.92 Å². The molecule has 4 rings (SSSR count). The van der Waals surface area contributed by atoms with E-state index < -0.39 is 0 Å². The number of nitrogens with one attached hydrogen (secondary N) is 1. The van der Waals surface area contributed by atoms with E-state index in [1.807, 2.05) is 36.1 Å². The average Bonchev–Trinajstić information content (AvgIpc) is 3.56. The Morgan fingerprint density at radius 2 is 2.03 bits per heavy atom. The molecule has 1 amide bonds. The number of likely N-dealkylation sites (N-methyl/N-ethyl adjacent to an activating group) is 1. The van der Waals surface area contributed by atoms with Gasteiger partial charge < -0.3 is 29.5 Å². The highest BCUT2D eigenvalue weighted by molar-refractivity contribution is 7.14. The van der Waals surface area contributed by atoms with Gasteiger partial charge in [-0.15, -0.1) is 11.3 Å². The Kier molecular flexibility index (Phi) is 9.57. The summed E-state index contributed by atoms with van der Waals surface area (Å²) in [5.74, 6) is 0.183. The third kappa shape index (κ3) is 6.62. The largest absolute Gasteiger partial charge is 0.376 e. The van der Waals surface area contributed by atoms with Gasteiger partial charge in [-0.2, -0.15) is 0 Å². The van der Waals surface area contributed by atoms with Crippen molar-refractivity contribution in [2.45, 2.75) is 51.8 Å².